The summed E-state index contributed by atoms with van der Waals surface area (Å²) in [5.41, 5.74) is 7.65. The molecular formula is C26H39N7. The number of aromatic nitrogens is 3. The highest BCUT2D eigenvalue weighted by atomic mass is 15.3. The Kier molecular flexibility index (Phi) is 5.51. The zero-order valence-corrected chi connectivity index (χ0v) is 20.9. The van der Waals surface area contributed by atoms with E-state index in [1.807, 2.05) is 14.0 Å². The second-order valence-electron chi connectivity index (χ2n) is 11.0. The zero-order valence-electron chi connectivity index (χ0n) is 20.9. The van der Waals surface area contributed by atoms with Crippen LogP contribution in [0.3, 0.4) is 0 Å². The summed E-state index contributed by atoms with van der Waals surface area (Å²) in [6.45, 7) is 11.6. The predicted octanol–water partition coefficient (Wildman–Crippen LogP) is 4.20. The van der Waals surface area contributed by atoms with Crippen molar-refractivity contribution >= 4 is 17.7 Å². The van der Waals surface area contributed by atoms with Gasteiger partial charge in [-0.3, -0.25) is 4.68 Å². The molecule has 33 heavy (non-hydrogen) atoms. The Labute approximate surface area is 197 Å². The van der Waals surface area contributed by atoms with Crippen molar-refractivity contribution in [2.24, 2.45) is 5.41 Å². The van der Waals surface area contributed by atoms with Crippen LogP contribution in [0.25, 0.3) is 0 Å². The topological polar surface area (TPSA) is 81.9 Å². The van der Waals surface area contributed by atoms with Crippen LogP contribution in [0.5, 0.6) is 0 Å². The van der Waals surface area contributed by atoms with E-state index in [0.29, 0.717) is 17.0 Å². The maximum absolute atomic E-state index is 7.99. The molecule has 3 aliphatic rings. The van der Waals surface area contributed by atoms with E-state index in [1.165, 1.54) is 49.6 Å². The minimum Gasteiger partial charge on any atom is -0.373 e. The first-order valence-corrected chi connectivity index (χ1v) is 12.5. The maximum atomic E-state index is 7.99. The molecule has 3 N–H and O–H groups in total. The van der Waals surface area contributed by atoms with Crippen LogP contribution in [0.15, 0.2) is 6.07 Å². The van der Waals surface area contributed by atoms with E-state index in [2.05, 4.69) is 52.0 Å². The number of nitrogens with zero attached hydrogens (tertiary/aromatic N) is 4. The number of anilines is 2. The van der Waals surface area contributed by atoms with Gasteiger partial charge in [-0.2, -0.15) is 5.10 Å². The van der Waals surface area contributed by atoms with Gasteiger partial charge in [-0.1, -0.05) is 13.8 Å². The first kappa shape index (κ1) is 22.4. The summed E-state index contributed by atoms with van der Waals surface area (Å²) in [6.07, 6.45) is 8.97. The van der Waals surface area contributed by atoms with Crippen LogP contribution in [-0.2, 0) is 19.5 Å². The van der Waals surface area contributed by atoms with Crippen molar-refractivity contribution in [2.45, 2.75) is 90.9 Å². The van der Waals surface area contributed by atoms with Gasteiger partial charge in [0.1, 0.15) is 5.82 Å². The molecule has 2 aliphatic carbocycles. The Balaban J connectivity index is 1.39. The molecule has 0 aromatic carbocycles. The lowest BCUT2D eigenvalue weighted by Crippen LogP contribution is -2.45. The van der Waals surface area contributed by atoms with E-state index >= 15 is 0 Å². The molecule has 2 bridgehead atoms. The van der Waals surface area contributed by atoms with E-state index in [9.17, 15) is 0 Å². The second kappa shape index (κ2) is 8.12. The van der Waals surface area contributed by atoms with Crippen LogP contribution in [0.1, 0.15) is 74.2 Å². The summed E-state index contributed by atoms with van der Waals surface area (Å²) in [5.74, 6) is 0.776. The molecule has 2 aromatic rings. The van der Waals surface area contributed by atoms with Crippen LogP contribution in [0.2, 0.25) is 0 Å². The molecule has 2 saturated carbocycles. The third-order valence-electron chi connectivity index (χ3n) is 8.28. The van der Waals surface area contributed by atoms with Crippen molar-refractivity contribution < 1.29 is 0 Å². The van der Waals surface area contributed by atoms with Crippen molar-refractivity contribution in [1.82, 2.24) is 20.1 Å². The van der Waals surface area contributed by atoms with E-state index in [0.717, 1.165) is 54.5 Å². The summed E-state index contributed by atoms with van der Waals surface area (Å²) in [4.78, 5) is 6.98. The monoisotopic (exact) mass is 449 g/mol. The Morgan fingerprint density at radius 1 is 1.21 bits per heavy atom. The van der Waals surface area contributed by atoms with Crippen LogP contribution in [-0.4, -0.2) is 46.2 Å². The fraction of sp³-hybridized carbons (Fsp3) is 0.654. The molecular weight excluding hydrogens is 410 g/mol. The lowest BCUT2D eigenvalue weighted by atomic mass is 9.84. The number of fused-ring (bicyclic) bond motifs is 3. The number of hydrogen-bond donors (Lipinski definition) is 3. The predicted molar refractivity (Wildman–Crippen MR) is 135 cm³/mol. The second-order valence-corrected chi connectivity index (χ2v) is 11.0. The summed E-state index contributed by atoms with van der Waals surface area (Å²) in [7, 11) is 1.87. The largest absolute Gasteiger partial charge is 0.373 e. The molecule has 0 amide bonds. The summed E-state index contributed by atoms with van der Waals surface area (Å²) in [6, 6.07) is 2.67. The highest BCUT2D eigenvalue weighted by molar-refractivity contribution is 5.92. The zero-order chi connectivity index (χ0) is 23.4. The number of pyridine rings is 1. The van der Waals surface area contributed by atoms with Crippen molar-refractivity contribution in [2.75, 3.05) is 23.8 Å². The Morgan fingerprint density at radius 3 is 2.64 bits per heavy atom. The van der Waals surface area contributed by atoms with Crippen molar-refractivity contribution in [3.63, 3.8) is 0 Å². The molecule has 2 fully saturated rings. The average Bonchev–Trinajstić information content (AvgIpc) is 3.41. The molecule has 0 unspecified atom stereocenters. The van der Waals surface area contributed by atoms with Gasteiger partial charge in [0.25, 0.3) is 0 Å². The maximum Gasteiger partial charge on any atom is 0.136 e. The molecule has 0 spiro atoms. The molecule has 0 atom stereocenters. The molecule has 1 aliphatic heterocycles. The number of nitrogens with one attached hydrogen (secondary N) is 3. The highest BCUT2D eigenvalue weighted by Gasteiger charge is 2.54. The minimum atomic E-state index is 0.362. The molecule has 178 valence electrons. The van der Waals surface area contributed by atoms with Crippen molar-refractivity contribution in [3.8, 4) is 0 Å². The fourth-order valence-electron chi connectivity index (χ4n) is 6.93. The minimum absolute atomic E-state index is 0.362. The SMILES string of the molecule is CNc1nc(C)cc(N2CCc3c(c(C)nn3CC34CCC(NC(C)C)(CC3)C4)C2)c1C=N. The fourth-order valence-corrected chi connectivity index (χ4v) is 6.93. The van der Waals surface area contributed by atoms with Gasteiger partial charge >= 0.3 is 0 Å². The van der Waals surface area contributed by atoms with Crippen LogP contribution < -0.4 is 15.5 Å². The van der Waals surface area contributed by atoms with Gasteiger partial charge in [0, 0.05) is 67.8 Å². The lowest BCUT2D eigenvalue weighted by Gasteiger charge is -2.33. The Hall–Kier alpha value is -2.41. The number of hydrogen-bond acceptors (Lipinski definition) is 6. The van der Waals surface area contributed by atoms with Gasteiger partial charge in [-0.25, -0.2) is 4.98 Å². The van der Waals surface area contributed by atoms with E-state index in [1.54, 1.807) is 0 Å². The molecule has 0 saturated heterocycles. The highest BCUT2D eigenvalue weighted by Crippen LogP contribution is 2.57. The van der Waals surface area contributed by atoms with Crippen LogP contribution in [0, 0.1) is 24.7 Å². The lowest BCUT2D eigenvalue weighted by molar-refractivity contribution is 0.232. The van der Waals surface area contributed by atoms with E-state index < -0.39 is 0 Å². The first-order chi connectivity index (χ1) is 15.8. The standard InChI is InChI=1S/C26H39N7/c1-17(2)30-26-9-7-25(15-26,8-10-26)16-33-22-6-11-32(14-21(22)19(4)31-33)23-12-18(3)29-24(28-5)20(23)13-27/h12-13,17,27,30H,6-11,14-16H2,1-5H3,(H,28,29). The third kappa shape index (κ3) is 3.84. The number of aryl methyl sites for hydroxylation is 2. The molecule has 3 heterocycles. The Morgan fingerprint density at radius 2 is 1.97 bits per heavy atom. The molecule has 7 nitrogen and oxygen atoms in total. The first-order valence-electron chi connectivity index (χ1n) is 12.5. The van der Waals surface area contributed by atoms with Crippen molar-refractivity contribution in [3.05, 3.63) is 34.3 Å². The van der Waals surface area contributed by atoms with E-state index in [-0.39, 0.29) is 0 Å². The van der Waals surface area contributed by atoms with Crippen LogP contribution >= 0.6 is 0 Å². The quantitative estimate of drug-likeness (QED) is 0.552. The molecule has 5 rings (SSSR count). The third-order valence-corrected chi connectivity index (χ3v) is 8.28. The van der Waals surface area contributed by atoms with E-state index in [4.69, 9.17) is 10.5 Å². The normalized spacial score (nSPS) is 26.2. The molecule has 7 heteroatoms. The Bertz CT molecular complexity index is 1060. The molecule has 2 aromatic heterocycles. The van der Waals surface area contributed by atoms with Gasteiger partial charge in [-0.05, 0) is 57.4 Å². The van der Waals surface area contributed by atoms with Crippen LogP contribution in [0.4, 0.5) is 11.5 Å². The van der Waals surface area contributed by atoms with Gasteiger partial charge in [-0.15, -0.1) is 0 Å². The summed E-state index contributed by atoms with van der Waals surface area (Å²) in [5, 5.41) is 20.1. The van der Waals surface area contributed by atoms with Gasteiger partial charge in [0.2, 0.25) is 0 Å². The summed E-state index contributed by atoms with van der Waals surface area (Å²) < 4.78 is 2.37. The van der Waals surface area contributed by atoms with Crippen molar-refractivity contribution in [1.29, 1.82) is 5.41 Å². The molecule has 0 radical (unpaired) electrons. The van der Waals surface area contributed by atoms with Gasteiger partial charge in [0.05, 0.1) is 16.9 Å². The summed E-state index contributed by atoms with van der Waals surface area (Å²) >= 11 is 0. The van der Waals surface area contributed by atoms with Gasteiger partial charge in [0.15, 0.2) is 0 Å². The van der Waals surface area contributed by atoms with Gasteiger partial charge < -0.3 is 20.9 Å². The smallest absolute Gasteiger partial charge is 0.136 e. The average molecular weight is 450 g/mol. The number of rotatable bonds is 7.